The van der Waals surface area contributed by atoms with E-state index < -0.39 is 38.4 Å². The summed E-state index contributed by atoms with van der Waals surface area (Å²) >= 11 is 0. The standard InChI is InChI=1S/C14H13F2N5O4S/c15-10-2-1-9(7-11(10)16)26(24,25)19-4-3-13(22)20-21-14(23)12-8-17-5-6-18-12/h1-2,5-8,19H,3-4H2,(H,20,22)(H,21,23). The van der Waals surface area contributed by atoms with Crippen molar-refractivity contribution in [1.82, 2.24) is 25.5 Å². The predicted molar refractivity (Wildman–Crippen MR) is 83.8 cm³/mol. The van der Waals surface area contributed by atoms with Gasteiger partial charge in [0, 0.05) is 25.4 Å². The topological polar surface area (TPSA) is 130 Å². The number of amides is 2. The molecule has 0 saturated heterocycles. The first-order valence-corrected chi connectivity index (χ1v) is 8.58. The molecule has 0 bridgehead atoms. The van der Waals surface area contributed by atoms with Crippen molar-refractivity contribution in [2.45, 2.75) is 11.3 Å². The first-order valence-electron chi connectivity index (χ1n) is 7.09. The average Bonchev–Trinajstić information content (AvgIpc) is 2.62. The second-order valence-electron chi connectivity index (χ2n) is 4.82. The fraction of sp³-hybridized carbons (Fsp3) is 0.143. The number of sulfonamides is 1. The van der Waals surface area contributed by atoms with Gasteiger partial charge >= 0.3 is 0 Å². The lowest BCUT2D eigenvalue weighted by atomic mass is 10.3. The van der Waals surface area contributed by atoms with Gasteiger partial charge in [-0.15, -0.1) is 0 Å². The lowest BCUT2D eigenvalue weighted by Crippen LogP contribution is -2.43. The number of benzene rings is 1. The van der Waals surface area contributed by atoms with Gasteiger partial charge in [0.2, 0.25) is 15.9 Å². The molecule has 9 nitrogen and oxygen atoms in total. The summed E-state index contributed by atoms with van der Waals surface area (Å²) in [7, 11) is -4.11. The van der Waals surface area contributed by atoms with Gasteiger partial charge in [0.1, 0.15) is 5.69 Å². The molecule has 0 aliphatic heterocycles. The fourth-order valence-corrected chi connectivity index (χ4v) is 2.74. The van der Waals surface area contributed by atoms with Crippen LogP contribution in [0.5, 0.6) is 0 Å². The minimum absolute atomic E-state index is 0.0214. The molecule has 1 aromatic carbocycles. The number of hydrogen-bond acceptors (Lipinski definition) is 6. The lowest BCUT2D eigenvalue weighted by Gasteiger charge is -2.08. The molecule has 1 heterocycles. The second-order valence-corrected chi connectivity index (χ2v) is 6.58. The quantitative estimate of drug-likeness (QED) is 0.595. The molecule has 0 atom stereocenters. The molecule has 0 aliphatic rings. The number of nitrogens with one attached hydrogen (secondary N) is 3. The number of halogens is 2. The Bertz CT molecular complexity index is 909. The largest absolute Gasteiger partial charge is 0.289 e. The smallest absolute Gasteiger partial charge is 0.273 e. The number of hydrazine groups is 1. The Morgan fingerprint density at radius 2 is 1.85 bits per heavy atom. The van der Waals surface area contributed by atoms with Gasteiger partial charge in [0.25, 0.3) is 5.91 Å². The lowest BCUT2D eigenvalue weighted by molar-refractivity contribution is -0.121. The highest BCUT2D eigenvalue weighted by atomic mass is 32.2. The first kappa shape index (κ1) is 19.3. The van der Waals surface area contributed by atoms with Crippen LogP contribution in [0.3, 0.4) is 0 Å². The first-order chi connectivity index (χ1) is 12.3. The average molecular weight is 385 g/mol. The van der Waals surface area contributed by atoms with E-state index in [-0.39, 0.29) is 18.7 Å². The maximum Gasteiger partial charge on any atom is 0.289 e. The molecule has 0 aliphatic carbocycles. The highest BCUT2D eigenvalue weighted by Gasteiger charge is 2.17. The van der Waals surface area contributed by atoms with Crippen LogP contribution >= 0.6 is 0 Å². The summed E-state index contributed by atoms with van der Waals surface area (Å²) in [5, 5.41) is 0. The van der Waals surface area contributed by atoms with E-state index in [1.165, 1.54) is 18.6 Å². The van der Waals surface area contributed by atoms with Crippen molar-refractivity contribution in [3.05, 3.63) is 54.1 Å². The molecule has 0 unspecified atom stereocenters. The third-order valence-corrected chi connectivity index (χ3v) is 4.42. The van der Waals surface area contributed by atoms with Crippen LogP contribution in [0.25, 0.3) is 0 Å². The van der Waals surface area contributed by atoms with Crippen LogP contribution in [0.2, 0.25) is 0 Å². The van der Waals surface area contributed by atoms with Crippen LogP contribution in [-0.4, -0.2) is 36.7 Å². The molecule has 1 aromatic heterocycles. The maximum atomic E-state index is 13.1. The summed E-state index contributed by atoms with van der Waals surface area (Å²) in [5.41, 5.74) is 4.13. The molecule has 0 fully saturated rings. The van der Waals surface area contributed by atoms with Crippen molar-refractivity contribution < 1.29 is 26.8 Å². The molecule has 138 valence electrons. The van der Waals surface area contributed by atoms with Crippen molar-refractivity contribution in [3.63, 3.8) is 0 Å². The van der Waals surface area contributed by atoms with Crippen molar-refractivity contribution in [1.29, 1.82) is 0 Å². The highest BCUT2D eigenvalue weighted by molar-refractivity contribution is 7.89. The number of rotatable bonds is 6. The molecule has 3 N–H and O–H groups in total. The Morgan fingerprint density at radius 1 is 1.08 bits per heavy atom. The Kier molecular flexibility index (Phi) is 6.25. The number of hydrogen-bond donors (Lipinski definition) is 3. The van der Waals surface area contributed by atoms with Crippen LogP contribution in [0.1, 0.15) is 16.9 Å². The van der Waals surface area contributed by atoms with Crippen LogP contribution < -0.4 is 15.6 Å². The maximum absolute atomic E-state index is 13.1. The van der Waals surface area contributed by atoms with Gasteiger partial charge in [-0.1, -0.05) is 0 Å². The number of aromatic nitrogens is 2. The zero-order valence-corrected chi connectivity index (χ0v) is 13.9. The minimum atomic E-state index is -4.11. The Balaban J connectivity index is 1.80. The van der Waals surface area contributed by atoms with Gasteiger partial charge < -0.3 is 0 Å². The molecule has 12 heteroatoms. The van der Waals surface area contributed by atoms with Gasteiger partial charge in [-0.2, -0.15) is 0 Å². The van der Waals surface area contributed by atoms with Crippen LogP contribution in [0.4, 0.5) is 8.78 Å². The van der Waals surface area contributed by atoms with E-state index in [1.807, 2.05) is 0 Å². The van der Waals surface area contributed by atoms with Gasteiger partial charge in [0.05, 0.1) is 11.1 Å². The predicted octanol–water partition coefficient (Wildman–Crippen LogP) is -0.116. The zero-order chi connectivity index (χ0) is 19.2. The number of nitrogens with zero attached hydrogens (tertiary/aromatic N) is 2. The summed E-state index contributed by atoms with van der Waals surface area (Å²) in [5.74, 6) is -3.87. The van der Waals surface area contributed by atoms with Crippen LogP contribution in [0, 0.1) is 11.6 Å². The SMILES string of the molecule is O=C(CCNS(=O)(=O)c1ccc(F)c(F)c1)NNC(=O)c1cnccn1. The molecule has 2 rings (SSSR count). The van der Waals surface area contributed by atoms with Crippen LogP contribution in [0.15, 0.2) is 41.7 Å². The number of carbonyl (C=O) groups is 2. The summed E-state index contributed by atoms with van der Waals surface area (Å²) in [6, 6.07) is 2.10. The summed E-state index contributed by atoms with van der Waals surface area (Å²) < 4.78 is 51.8. The summed E-state index contributed by atoms with van der Waals surface area (Å²) in [6.07, 6.45) is 3.54. The Morgan fingerprint density at radius 3 is 2.50 bits per heavy atom. The van der Waals surface area contributed by atoms with Gasteiger partial charge in [-0.05, 0) is 18.2 Å². The summed E-state index contributed by atoms with van der Waals surface area (Å²) in [4.78, 5) is 30.1. The van der Waals surface area contributed by atoms with Crippen molar-refractivity contribution in [2.24, 2.45) is 0 Å². The van der Waals surface area contributed by atoms with E-state index in [9.17, 15) is 26.8 Å². The molecule has 2 aromatic rings. The molecule has 0 radical (unpaired) electrons. The molecule has 0 saturated carbocycles. The third-order valence-electron chi connectivity index (χ3n) is 2.96. The second kappa shape index (κ2) is 8.40. The minimum Gasteiger partial charge on any atom is -0.273 e. The van der Waals surface area contributed by atoms with Crippen LogP contribution in [-0.2, 0) is 14.8 Å². The van der Waals surface area contributed by atoms with Gasteiger partial charge in [-0.3, -0.25) is 25.4 Å². The Labute approximate surface area is 146 Å². The van der Waals surface area contributed by atoms with E-state index in [1.54, 1.807) is 0 Å². The molecule has 0 spiro atoms. The Hall–Kier alpha value is -2.99. The van der Waals surface area contributed by atoms with E-state index in [2.05, 4.69) is 25.5 Å². The van der Waals surface area contributed by atoms with E-state index in [4.69, 9.17) is 0 Å². The molecular formula is C14H13F2N5O4S. The molecular weight excluding hydrogens is 372 g/mol. The molecule has 26 heavy (non-hydrogen) atoms. The van der Waals surface area contributed by atoms with E-state index in [0.29, 0.717) is 12.1 Å². The monoisotopic (exact) mass is 385 g/mol. The summed E-state index contributed by atoms with van der Waals surface area (Å²) in [6.45, 7) is -0.325. The normalized spacial score (nSPS) is 11.0. The van der Waals surface area contributed by atoms with Crippen molar-refractivity contribution >= 4 is 21.8 Å². The van der Waals surface area contributed by atoms with Gasteiger partial charge in [-0.25, -0.2) is 26.9 Å². The number of carbonyl (C=O) groups excluding carboxylic acids is 2. The fourth-order valence-electron chi connectivity index (χ4n) is 1.70. The van der Waals surface area contributed by atoms with E-state index in [0.717, 1.165) is 6.07 Å². The highest BCUT2D eigenvalue weighted by Crippen LogP contribution is 2.13. The third kappa shape index (κ3) is 5.26. The zero-order valence-electron chi connectivity index (χ0n) is 13.1. The van der Waals surface area contributed by atoms with Gasteiger partial charge in [0.15, 0.2) is 11.6 Å². The van der Waals surface area contributed by atoms with Crippen molar-refractivity contribution in [2.75, 3.05) is 6.54 Å². The van der Waals surface area contributed by atoms with E-state index >= 15 is 0 Å². The molecule has 2 amide bonds. The van der Waals surface area contributed by atoms with Crippen molar-refractivity contribution in [3.8, 4) is 0 Å².